The normalized spacial score (nSPS) is 27.7. The molecule has 0 saturated carbocycles. The molecule has 0 N–H and O–H groups in total. The van der Waals surface area contributed by atoms with Crippen LogP contribution in [0.5, 0.6) is 0 Å². The van der Waals surface area contributed by atoms with Gasteiger partial charge in [-0.3, -0.25) is 19.4 Å². The lowest BCUT2D eigenvalue weighted by Crippen LogP contribution is -2.72. The molecule has 4 amide bonds. The van der Waals surface area contributed by atoms with Crippen molar-refractivity contribution in [1.82, 2.24) is 9.80 Å². The van der Waals surface area contributed by atoms with Gasteiger partial charge in [0.2, 0.25) is 11.8 Å². The van der Waals surface area contributed by atoms with Crippen molar-refractivity contribution in [2.75, 3.05) is 25.5 Å². The third-order valence-corrected chi connectivity index (χ3v) is 6.44. The second-order valence-electron chi connectivity index (χ2n) is 7.77. The number of carbonyl (C=O) groups is 3. The molecule has 0 radical (unpaired) electrons. The lowest BCUT2D eigenvalue weighted by Gasteiger charge is -2.55. The number of barbiturate groups is 1. The van der Waals surface area contributed by atoms with Gasteiger partial charge in [-0.05, 0) is 42.9 Å². The minimum absolute atomic E-state index is 0.268. The van der Waals surface area contributed by atoms with Gasteiger partial charge < -0.3 is 4.90 Å². The molecule has 0 aromatic heterocycles. The fraction of sp³-hybridized carbons (Fsp3) is 0.526. The lowest BCUT2D eigenvalue weighted by molar-refractivity contribution is -0.160. The molecule has 1 aromatic carbocycles. The quantitative estimate of drug-likeness (QED) is 0.654. The molecule has 3 aliphatic rings. The van der Waals surface area contributed by atoms with E-state index < -0.39 is 23.3 Å². The molecule has 26 heavy (non-hydrogen) atoms. The number of fused-ring (bicyclic) bond motifs is 4. The second-order valence-corrected chi connectivity index (χ2v) is 8.21. The Kier molecular flexibility index (Phi) is 3.81. The first-order valence-electron chi connectivity index (χ1n) is 8.92. The molecule has 0 bridgehead atoms. The summed E-state index contributed by atoms with van der Waals surface area (Å²) in [7, 11) is 2.92. The number of urea groups is 1. The van der Waals surface area contributed by atoms with Crippen LogP contribution in [0.3, 0.4) is 0 Å². The van der Waals surface area contributed by atoms with Gasteiger partial charge in [0.05, 0.1) is 6.04 Å². The summed E-state index contributed by atoms with van der Waals surface area (Å²) < 4.78 is 0. The maximum absolute atomic E-state index is 13.3. The van der Waals surface area contributed by atoms with Crippen LogP contribution >= 0.6 is 11.6 Å². The monoisotopic (exact) mass is 375 g/mol. The highest BCUT2D eigenvalue weighted by molar-refractivity contribution is 6.31. The number of rotatable bonds is 0. The molecule has 0 unspecified atom stereocenters. The van der Waals surface area contributed by atoms with Gasteiger partial charge in [0.1, 0.15) is 0 Å². The van der Waals surface area contributed by atoms with Crippen LogP contribution in [0.25, 0.3) is 0 Å². The maximum atomic E-state index is 13.3. The number of imide groups is 2. The number of hydrogen-bond acceptors (Lipinski definition) is 4. The van der Waals surface area contributed by atoms with E-state index in [-0.39, 0.29) is 6.04 Å². The number of benzene rings is 1. The number of carbonyl (C=O) groups excluding carboxylic acids is 3. The smallest absolute Gasteiger partial charge is 0.332 e. The van der Waals surface area contributed by atoms with Crippen LogP contribution in [-0.2, 0) is 16.0 Å². The van der Waals surface area contributed by atoms with E-state index in [1.165, 1.54) is 14.1 Å². The molecule has 2 fully saturated rings. The summed E-state index contributed by atoms with van der Waals surface area (Å²) in [5.41, 5.74) is 0.674. The van der Waals surface area contributed by atoms with E-state index in [4.69, 9.17) is 11.6 Å². The maximum Gasteiger partial charge on any atom is 0.332 e. The molecule has 7 heteroatoms. The molecule has 138 valence electrons. The number of halogens is 1. The zero-order valence-electron chi connectivity index (χ0n) is 15.2. The molecule has 2 saturated heterocycles. The molecule has 4 rings (SSSR count). The first kappa shape index (κ1) is 17.3. The minimum atomic E-state index is -1.26. The minimum Gasteiger partial charge on any atom is -0.367 e. The standard InChI is InChI=1S/C19H22ClN3O3/c1-11-6-7-23-14-9-13(20)5-4-12(14)10-19(15(23)8-11)16(24)21(2)18(26)22(3)17(19)25/h4-5,9,11,15H,6-8,10H2,1-3H3/t11-,15-/m0/s1. The Morgan fingerprint density at radius 2 is 1.77 bits per heavy atom. The van der Waals surface area contributed by atoms with Gasteiger partial charge in [0.25, 0.3) is 0 Å². The van der Waals surface area contributed by atoms with Gasteiger partial charge in [-0.2, -0.15) is 0 Å². The summed E-state index contributed by atoms with van der Waals surface area (Å²) in [6.45, 7) is 2.91. The van der Waals surface area contributed by atoms with E-state index >= 15 is 0 Å². The van der Waals surface area contributed by atoms with Crippen molar-refractivity contribution in [3.8, 4) is 0 Å². The van der Waals surface area contributed by atoms with Crippen molar-refractivity contribution in [2.24, 2.45) is 11.3 Å². The zero-order valence-corrected chi connectivity index (χ0v) is 15.9. The highest BCUT2D eigenvalue weighted by Gasteiger charge is 2.63. The van der Waals surface area contributed by atoms with Crippen LogP contribution in [-0.4, -0.2) is 54.3 Å². The average Bonchev–Trinajstić information content (AvgIpc) is 2.63. The van der Waals surface area contributed by atoms with Gasteiger partial charge in [-0.1, -0.05) is 24.6 Å². The number of amides is 4. The summed E-state index contributed by atoms with van der Waals surface area (Å²) >= 11 is 6.21. The molecule has 1 spiro atoms. The Labute approximate surface area is 157 Å². The SMILES string of the molecule is C[C@H]1CCN2c3cc(Cl)ccc3CC3(C(=O)N(C)C(=O)N(C)C3=O)[C@@H]2C1. The van der Waals surface area contributed by atoms with Gasteiger partial charge >= 0.3 is 6.03 Å². The fourth-order valence-electron chi connectivity index (χ4n) is 4.79. The fourth-order valence-corrected chi connectivity index (χ4v) is 4.96. The van der Waals surface area contributed by atoms with Gasteiger partial charge in [0, 0.05) is 31.4 Å². The zero-order chi connectivity index (χ0) is 18.8. The van der Waals surface area contributed by atoms with E-state index in [1.54, 1.807) is 6.07 Å². The van der Waals surface area contributed by atoms with Crippen LogP contribution in [0.2, 0.25) is 5.02 Å². The van der Waals surface area contributed by atoms with Crippen LogP contribution in [0, 0.1) is 11.3 Å². The summed E-state index contributed by atoms with van der Waals surface area (Å²) in [5, 5.41) is 0.641. The van der Waals surface area contributed by atoms with Crippen molar-refractivity contribution in [2.45, 2.75) is 32.2 Å². The summed E-state index contributed by atoms with van der Waals surface area (Å²) in [4.78, 5) is 43.2. The van der Waals surface area contributed by atoms with E-state index in [0.29, 0.717) is 17.4 Å². The van der Waals surface area contributed by atoms with Crippen LogP contribution in [0.4, 0.5) is 10.5 Å². The van der Waals surface area contributed by atoms with Crippen LogP contribution in [0.1, 0.15) is 25.3 Å². The molecule has 3 aliphatic heterocycles. The predicted molar refractivity (Wildman–Crippen MR) is 98.1 cm³/mol. The molecule has 3 heterocycles. The largest absolute Gasteiger partial charge is 0.367 e. The van der Waals surface area contributed by atoms with Crippen LogP contribution in [0.15, 0.2) is 18.2 Å². The predicted octanol–water partition coefficient (Wildman–Crippen LogP) is 2.54. The topological polar surface area (TPSA) is 60.9 Å². The highest BCUT2D eigenvalue weighted by atomic mass is 35.5. The number of piperidine rings is 1. The Morgan fingerprint density at radius 3 is 2.42 bits per heavy atom. The Morgan fingerprint density at radius 1 is 1.12 bits per heavy atom. The van der Waals surface area contributed by atoms with E-state index in [9.17, 15) is 14.4 Å². The second kappa shape index (κ2) is 5.71. The Bertz CT molecular complexity index is 800. The average molecular weight is 376 g/mol. The van der Waals surface area contributed by atoms with Crippen molar-refractivity contribution in [3.05, 3.63) is 28.8 Å². The number of nitrogens with zero attached hydrogens (tertiary/aromatic N) is 3. The van der Waals surface area contributed by atoms with Gasteiger partial charge in [-0.15, -0.1) is 0 Å². The summed E-state index contributed by atoms with van der Waals surface area (Å²) in [6.07, 6.45) is 2.03. The molecular weight excluding hydrogens is 354 g/mol. The third-order valence-electron chi connectivity index (χ3n) is 6.21. The Balaban J connectivity index is 1.92. The van der Waals surface area contributed by atoms with Crippen molar-refractivity contribution in [1.29, 1.82) is 0 Å². The first-order valence-corrected chi connectivity index (χ1v) is 9.30. The van der Waals surface area contributed by atoms with Crippen LogP contribution < -0.4 is 4.90 Å². The van der Waals surface area contributed by atoms with Gasteiger partial charge in [0.15, 0.2) is 5.41 Å². The molecule has 2 atom stereocenters. The molecule has 0 aliphatic carbocycles. The van der Waals surface area contributed by atoms with E-state index in [1.807, 2.05) is 12.1 Å². The number of anilines is 1. The van der Waals surface area contributed by atoms with Crippen molar-refractivity contribution in [3.63, 3.8) is 0 Å². The molecular formula is C19H22ClN3O3. The molecule has 6 nitrogen and oxygen atoms in total. The van der Waals surface area contributed by atoms with E-state index in [0.717, 1.165) is 40.4 Å². The summed E-state index contributed by atoms with van der Waals surface area (Å²) in [6, 6.07) is 4.77. The summed E-state index contributed by atoms with van der Waals surface area (Å²) in [5.74, 6) is -0.381. The Hall–Kier alpha value is -2.08. The number of hydrogen-bond donors (Lipinski definition) is 0. The highest BCUT2D eigenvalue weighted by Crippen LogP contribution is 2.49. The molecule has 1 aromatic rings. The van der Waals surface area contributed by atoms with Gasteiger partial charge in [-0.25, -0.2) is 4.79 Å². The lowest BCUT2D eigenvalue weighted by atomic mass is 9.64. The van der Waals surface area contributed by atoms with Crippen molar-refractivity contribution < 1.29 is 14.4 Å². The van der Waals surface area contributed by atoms with Crippen molar-refractivity contribution >= 4 is 35.1 Å². The first-order chi connectivity index (χ1) is 12.3. The third kappa shape index (κ3) is 2.14. The van der Waals surface area contributed by atoms with E-state index in [2.05, 4.69) is 11.8 Å².